The Balaban J connectivity index is -0.000000105. The fraction of sp³-hybridized carbons (Fsp3) is 0.789. The number of ether oxygens (including phenoxy) is 2. The minimum Gasteiger partial charge on any atom is -0.394 e. The van der Waals surface area contributed by atoms with E-state index >= 15 is 0 Å². The summed E-state index contributed by atoms with van der Waals surface area (Å²) in [6.07, 6.45) is 8.19. The van der Waals surface area contributed by atoms with E-state index in [0.717, 1.165) is 0 Å². The van der Waals surface area contributed by atoms with Crippen molar-refractivity contribution in [1.82, 2.24) is 15.0 Å². The molecule has 1 aromatic rings. The van der Waals surface area contributed by atoms with Crippen LogP contribution in [-0.2, 0) is 16.0 Å². The Morgan fingerprint density at radius 3 is 1.70 bits per heavy atom. The molecule has 33 heavy (non-hydrogen) atoms. The number of aromatic nitrogens is 3. The summed E-state index contributed by atoms with van der Waals surface area (Å²) >= 11 is 5.23. The van der Waals surface area contributed by atoms with Gasteiger partial charge in [-0.25, -0.2) is 0 Å². The van der Waals surface area contributed by atoms with Gasteiger partial charge in [0.05, 0.1) is 58.0 Å². The predicted octanol–water partition coefficient (Wildman–Crippen LogP) is -1.44. The fourth-order valence-corrected chi connectivity index (χ4v) is 1.01. The van der Waals surface area contributed by atoms with Crippen molar-refractivity contribution >= 4 is 11.6 Å². The van der Waals surface area contributed by atoms with Crippen LogP contribution in [0.25, 0.3) is 16.0 Å². The molecule has 0 spiro atoms. The van der Waals surface area contributed by atoms with Crippen LogP contribution in [-0.4, -0.2) is 92.1 Å². The van der Waals surface area contributed by atoms with Crippen molar-refractivity contribution in [3.63, 3.8) is 0 Å². The van der Waals surface area contributed by atoms with E-state index in [1.807, 2.05) is 0 Å². The van der Waals surface area contributed by atoms with E-state index in [4.69, 9.17) is 59.0 Å². The second kappa shape index (κ2) is 31.1. The number of halogens is 1. The number of terminal acetylenes is 1. The molecule has 1 heterocycles. The molecule has 0 bridgehead atoms. The van der Waals surface area contributed by atoms with Gasteiger partial charge < -0.3 is 41.0 Å². The fourth-order valence-electron chi connectivity index (χ4n) is 0.898. The molecule has 0 aromatic carbocycles. The Hall–Kier alpha value is -0.940. The minimum atomic E-state index is -0.931. The molecule has 0 saturated heterocycles. The molecule has 0 saturated carbocycles. The van der Waals surface area contributed by atoms with Crippen LogP contribution in [0.2, 0.25) is 0 Å². The number of alkyl halides is 1. The van der Waals surface area contributed by atoms with Crippen LogP contribution in [0.1, 0.15) is 34.6 Å². The number of rotatable bonds is 9. The van der Waals surface area contributed by atoms with Crippen LogP contribution in [0.5, 0.6) is 0 Å². The molecule has 0 aliphatic carbocycles. The third kappa shape index (κ3) is 72.2. The Morgan fingerprint density at radius 2 is 1.42 bits per heavy atom. The summed E-state index contributed by atoms with van der Waals surface area (Å²) in [5.74, 6) is 2.66. The zero-order chi connectivity index (χ0) is 25.9. The van der Waals surface area contributed by atoms with E-state index in [1.165, 1.54) is 4.91 Å². The summed E-state index contributed by atoms with van der Waals surface area (Å²) in [4.78, 5) is 1.50. The maximum absolute atomic E-state index is 8.59. The molecular formula is C19H38ClN6NaO6. The summed E-state index contributed by atoms with van der Waals surface area (Å²) in [6.45, 7) is 11.1. The quantitative estimate of drug-likeness (QED) is 0.0597. The molecule has 0 amide bonds. The van der Waals surface area contributed by atoms with Gasteiger partial charge in [0, 0.05) is 12.1 Å². The maximum atomic E-state index is 8.59. The summed E-state index contributed by atoms with van der Waals surface area (Å²) in [7, 11) is 0. The van der Waals surface area contributed by atoms with Crippen molar-refractivity contribution in [3.05, 3.63) is 28.4 Å². The van der Waals surface area contributed by atoms with Gasteiger partial charge in [-0.3, -0.25) is 9.59 Å². The average molecular weight is 505 g/mol. The van der Waals surface area contributed by atoms with E-state index in [9.17, 15) is 0 Å². The van der Waals surface area contributed by atoms with Crippen LogP contribution < -0.4 is 29.6 Å². The van der Waals surface area contributed by atoms with Crippen LogP contribution in [0.15, 0.2) is 12.4 Å². The first kappa shape index (κ1) is 42.2. The van der Waals surface area contributed by atoms with Crippen molar-refractivity contribution in [2.45, 2.75) is 52.4 Å². The molecule has 1 aromatic heterocycles. The normalized spacial score (nSPS) is 9.36. The van der Waals surface area contributed by atoms with Crippen molar-refractivity contribution in [1.29, 1.82) is 0 Å². The van der Waals surface area contributed by atoms with Crippen LogP contribution in [0, 0.1) is 12.3 Å². The SMILES string of the molecule is C#CC(C)(C)O.CC(C)(C)O.OCCOCCCl.OCCOCCn1ccnn1.[N-]=[N+]=[N-].[Na+]. The third-order valence-corrected chi connectivity index (χ3v) is 2.14. The first-order valence-electron chi connectivity index (χ1n) is 9.51. The standard InChI is InChI=1S/C6H11N3O2.C5H8O.C4H9ClO2.C4H10O.N3.Na/c10-4-6-11-5-3-9-2-1-7-8-9;1-4-5(2,3)6;5-1-3-7-4-2-6;1-4(2,3)5;1-3-2;/h1-2,10H,3-6H2;1,6H,2-3H3;6H,1-4H2;5H,1-3H3;;/q;;;;-1;+1. The summed E-state index contributed by atoms with van der Waals surface area (Å²) < 4.78 is 11.4. The van der Waals surface area contributed by atoms with E-state index in [2.05, 4.69) is 16.2 Å². The van der Waals surface area contributed by atoms with E-state index in [0.29, 0.717) is 38.9 Å². The molecule has 188 valence electrons. The first-order chi connectivity index (χ1) is 14.8. The van der Waals surface area contributed by atoms with Gasteiger partial charge in [-0.05, 0) is 34.6 Å². The molecule has 1 rings (SSSR count). The molecular weight excluding hydrogens is 467 g/mol. The molecule has 0 fully saturated rings. The second-order valence-electron chi connectivity index (χ2n) is 6.99. The number of aliphatic hydroxyl groups excluding tert-OH is 2. The molecule has 14 heteroatoms. The molecule has 0 unspecified atom stereocenters. The number of hydrogen-bond donors (Lipinski definition) is 4. The smallest absolute Gasteiger partial charge is 0.394 e. The minimum absolute atomic E-state index is 0. The molecule has 0 atom stereocenters. The average Bonchev–Trinajstić information content (AvgIpc) is 3.19. The Bertz CT molecular complexity index is 547. The molecule has 0 aliphatic heterocycles. The molecule has 0 aliphatic rings. The molecule has 0 radical (unpaired) electrons. The van der Waals surface area contributed by atoms with Gasteiger partial charge in [-0.1, -0.05) is 11.1 Å². The van der Waals surface area contributed by atoms with E-state index in [1.54, 1.807) is 51.7 Å². The summed E-state index contributed by atoms with van der Waals surface area (Å²) in [5, 5.41) is 41.0. The van der Waals surface area contributed by atoms with Crippen LogP contribution >= 0.6 is 11.6 Å². The summed E-state index contributed by atoms with van der Waals surface area (Å²) in [6, 6.07) is 0. The van der Waals surface area contributed by atoms with Crippen LogP contribution in [0.4, 0.5) is 0 Å². The maximum Gasteiger partial charge on any atom is 1.00 e. The van der Waals surface area contributed by atoms with Crippen molar-refractivity contribution < 1.29 is 59.5 Å². The zero-order valence-corrected chi connectivity index (χ0v) is 23.3. The predicted molar refractivity (Wildman–Crippen MR) is 124 cm³/mol. The van der Waals surface area contributed by atoms with Gasteiger partial charge in [0.25, 0.3) is 0 Å². The molecule has 4 N–H and O–H groups in total. The Kier molecular flexibility index (Phi) is 39.8. The monoisotopic (exact) mass is 504 g/mol. The van der Waals surface area contributed by atoms with E-state index < -0.39 is 11.2 Å². The van der Waals surface area contributed by atoms with Crippen molar-refractivity contribution in [2.75, 3.05) is 45.5 Å². The van der Waals surface area contributed by atoms with E-state index in [-0.39, 0.29) is 42.8 Å². The second-order valence-corrected chi connectivity index (χ2v) is 7.37. The van der Waals surface area contributed by atoms with Gasteiger partial charge in [-0.15, -0.1) is 23.1 Å². The Morgan fingerprint density at radius 1 is 1.03 bits per heavy atom. The van der Waals surface area contributed by atoms with Gasteiger partial charge in [0.2, 0.25) is 0 Å². The number of hydrogen-bond acceptors (Lipinski definition) is 8. The largest absolute Gasteiger partial charge is 1.00 e. The third-order valence-electron chi connectivity index (χ3n) is 1.98. The van der Waals surface area contributed by atoms with Gasteiger partial charge in [0.15, 0.2) is 0 Å². The van der Waals surface area contributed by atoms with Gasteiger partial charge >= 0.3 is 29.6 Å². The van der Waals surface area contributed by atoms with Crippen LogP contribution in [0.3, 0.4) is 0 Å². The van der Waals surface area contributed by atoms with Crippen molar-refractivity contribution in [2.24, 2.45) is 0 Å². The Labute approximate surface area is 223 Å². The molecule has 12 nitrogen and oxygen atoms in total. The topological polar surface area (TPSA) is 189 Å². The van der Waals surface area contributed by atoms with Crippen molar-refractivity contribution in [3.8, 4) is 12.3 Å². The summed E-state index contributed by atoms with van der Waals surface area (Å²) in [5.41, 5.74) is 12.1. The number of nitrogens with zero attached hydrogens (tertiary/aromatic N) is 6. The first-order valence-corrected chi connectivity index (χ1v) is 10.0. The van der Waals surface area contributed by atoms with Gasteiger partial charge in [0.1, 0.15) is 5.60 Å². The van der Waals surface area contributed by atoms with Gasteiger partial charge in [-0.2, -0.15) is 0 Å². The number of aliphatic hydroxyl groups is 4. The zero-order valence-electron chi connectivity index (χ0n) is 20.6.